The van der Waals surface area contributed by atoms with Crippen molar-refractivity contribution in [1.82, 2.24) is 0 Å². The van der Waals surface area contributed by atoms with Crippen LogP contribution in [0.15, 0.2) is 11.6 Å². The van der Waals surface area contributed by atoms with E-state index in [-0.39, 0.29) is 0 Å². The molecule has 0 fully saturated rings. The Bertz CT molecular complexity index is 47.1. The average Bonchev–Trinajstić information content (AvgIpc) is 1.35. The van der Waals surface area contributed by atoms with Crippen molar-refractivity contribution in [2.24, 2.45) is 0 Å². The zero-order valence-corrected chi connectivity index (χ0v) is 4.20. The number of allylic oxidation sites excluding steroid dienone is 2. The van der Waals surface area contributed by atoms with Gasteiger partial charge in [0.15, 0.2) is 0 Å². The lowest BCUT2D eigenvalue weighted by molar-refractivity contribution is 1.34. The molecule has 0 nitrogen and oxygen atoms in total. The largest absolute Gasteiger partial charge is 0.0856 e. The molecule has 6 heavy (non-hydrogen) atoms. The molecule has 0 aliphatic carbocycles. The van der Waals surface area contributed by atoms with Crippen molar-refractivity contribution in [3.05, 3.63) is 25.5 Å². The molecule has 0 aromatic rings. The summed E-state index contributed by atoms with van der Waals surface area (Å²) in [6.45, 7) is 9.22. The van der Waals surface area contributed by atoms with E-state index in [1.54, 1.807) is 0 Å². The summed E-state index contributed by atoms with van der Waals surface area (Å²) in [6.07, 6.45) is 2.84. The lowest BCUT2D eigenvalue weighted by atomic mass is 10.3. The van der Waals surface area contributed by atoms with Gasteiger partial charge >= 0.3 is 0 Å². The van der Waals surface area contributed by atoms with E-state index < -0.39 is 0 Å². The van der Waals surface area contributed by atoms with Crippen molar-refractivity contribution in [1.29, 1.82) is 0 Å². The second-order valence-corrected chi connectivity index (χ2v) is 1.34. The van der Waals surface area contributed by atoms with Gasteiger partial charge < -0.3 is 0 Å². The van der Waals surface area contributed by atoms with Crippen molar-refractivity contribution < 1.29 is 0 Å². The molecule has 0 aromatic carbocycles. The first-order valence-electron chi connectivity index (χ1n) is 2.05. The highest BCUT2D eigenvalue weighted by Gasteiger charge is 1.67. The zero-order valence-electron chi connectivity index (χ0n) is 4.20. The third-order valence-corrected chi connectivity index (χ3v) is 0.493. The van der Waals surface area contributed by atoms with Gasteiger partial charge in [0.05, 0.1) is 0 Å². The smallest absolute Gasteiger partial charge is 0.0286 e. The molecule has 0 unspecified atom stereocenters. The molecule has 0 bridgehead atoms. The summed E-state index contributed by atoms with van der Waals surface area (Å²) in [4.78, 5) is 0. The highest BCUT2D eigenvalue weighted by molar-refractivity contribution is 5.00. The van der Waals surface area contributed by atoms with Crippen molar-refractivity contribution in [3.8, 4) is 0 Å². The molecule has 0 spiro atoms. The molecule has 0 rings (SSSR count). The molecule has 0 heteroatoms. The quantitative estimate of drug-likeness (QED) is 0.454. The third-order valence-electron chi connectivity index (χ3n) is 0.493. The van der Waals surface area contributed by atoms with Gasteiger partial charge in [-0.05, 0) is 27.2 Å². The molecule has 0 saturated carbocycles. The molecule has 34 valence electrons. The Morgan fingerprint density at radius 3 is 2.33 bits per heavy atom. The zero-order chi connectivity index (χ0) is 4.99. The number of rotatable bonds is 1. The SMILES string of the molecule is [CH2]C/C=C(/[CH2])C. The van der Waals surface area contributed by atoms with Crippen LogP contribution in [0.25, 0.3) is 0 Å². The van der Waals surface area contributed by atoms with E-state index in [1.165, 1.54) is 0 Å². The second kappa shape index (κ2) is 2.95. The van der Waals surface area contributed by atoms with E-state index in [1.807, 2.05) is 13.0 Å². The first-order chi connectivity index (χ1) is 2.77. The van der Waals surface area contributed by atoms with Crippen molar-refractivity contribution >= 4 is 0 Å². The van der Waals surface area contributed by atoms with Gasteiger partial charge in [-0.1, -0.05) is 11.6 Å². The standard InChI is InChI=1S/C6H10/c1-4-5-6(2)3/h5H,1-2,4H2,3H3/b6-5-. The minimum atomic E-state index is 0.856. The van der Waals surface area contributed by atoms with Gasteiger partial charge in [-0.15, -0.1) is 0 Å². The van der Waals surface area contributed by atoms with Crippen LogP contribution in [0.2, 0.25) is 0 Å². The van der Waals surface area contributed by atoms with Crippen LogP contribution >= 0.6 is 0 Å². The maximum atomic E-state index is 3.65. The van der Waals surface area contributed by atoms with Gasteiger partial charge in [0.1, 0.15) is 0 Å². The molecular weight excluding hydrogens is 72.1 g/mol. The van der Waals surface area contributed by atoms with Crippen LogP contribution in [0.1, 0.15) is 13.3 Å². The van der Waals surface area contributed by atoms with Crippen molar-refractivity contribution in [3.63, 3.8) is 0 Å². The predicted octanol–water partition coefficient (Wildman–Crippen LogP) is 1.99. The Labute approximate surface area is 39.9 Å². The van der Waals surface area contributed by atoms with Crippen LogP contribution in [0.5, 0.6) is 0 Å². The topological polar surface area (TPSA) is 0 Å². The lowest BCUT2D eigenvalue weighted by Crippen LogP contribution is -1.59. The van der Waals surface area contributed by atoms with Gasteiger partial charge in [-0.2, -0.15) is 0 Å². The molecular formula is C6H10. The van der Waals surface area contributed by atoms with Gasteiger partial charge in [0, 0.05) is 0 Å². The summed E-state index contributed by atoms with van der Waals surface area (Å²) in [5, 5.41) is 0. The fourth-order valence-electron chi connectivity index (χ4n) is 0.246. The lowest BCUT2D eigenvalue weighted by Gasteiger charge is -1.79. The van der Waals surface area contributed by atoms with E-state index >= 15 is 0 Å². The molecule has 0 aliphatic rings. The van der Waals surface area contributed by atoms with E-state index in [2.05, 4.69) is 13.8 Å². The summed E-state index contributed by atoms with van der Waals surface area (Å²) >= 11 is 0. The summed E-state index contributed by atoms with van der Waals surface area (Å²) in [5.41, 5.74) is 1.10. The number of hydrogen-bond donors (Lipinski definition) is 0. The van der Waals surface area contributed by atoms with E-state index in [9.17, 15) is 0 Å². The van der Waals surface area contributed by atoms with Crippen LogP contribution < -0.4 is 0 Å². The normalized spacial score (nSPS) is 12.2. The van der Waals surface area contributed by atoms with Gasteiger partial charge in [-0.25, -0.2) is 0 Å². The highest BCUT2D eigenvalue weighted by Crippen LogP contribution is 1.87. The third kappa shape index (κ3) is 3.74. The Kier molecular flexibility index (Phi) is 2.82. The molecule has 0 N–H and O–H groups in total. The molecule has 0 heterocycles. The van der Waals surface area contributed by atoms with Gasteiger partial charge in [0.2, 0.25) is 0 Å². The molecule has 2 radical (unpaired) electrons. The first-order valence-corrected chi connectivity index (χ1v) is 2.05. The second-order valence-electron chi connectivity index (χ2n) is 1.34. The minimum absolute atomic E-state index is 0.856. The summed E-state index contributed by atoms with van der Waals surface area (Å²) in [5.74, 6) is 0. The highest BCUT2D eigenvalue weighted by atomic mass is 13.7. The molecule has 0 amide bonds. The summed E-state index contributed by atoms with van der Waals surface area (Å²) < 4.78 is 0. The summed E-state index contributed by atoms with van der Waals surface area (Å²) in [6, 6.07) is 0. The summed E-state index contributed by atoms with van der Waals surface area (Å²) in [7, 11) is 0. The van der Waals surface area contributed by atoms with Gasteiger partial charge in [0.25, 0.3) is 0 Å². The molecule has 0 atom stereocenters. The Morgan fingerprint density at radius 1 is 1.83 bits per heavy atom. The fourth-order valence-corrected chi connectivity index (χ4v) is 0.246. The van der Waals surface area contributed by atoms with Crippen LogP contribution in [-0.2, 0) is 0 Å². The van der Waals surface area contributed by atoms with Crippen LogP contribution in [0.4, 0.5) is 0 Å². The van der Waals surface area contributed by atoms with E-state index in [4.69, 9.17) is 0 Å². The molecule has 0 aromatic heterocycles. The Morgan fingerprint density at radius 2 is 2.33 bits per heavy atom. The van der Waals surface area contributed by atoms with Crippen LogP contribution in [-0.4, -0.2) is 0 Å². The first kappa shape index (κ1) is 5.74. The maximum absolute atomic E-state index is 3.65. The van der Waals surface area contributed by atoms with Crippen molar-refractivity contribution in [2.75, 3.05) is 0 Å². The van der Waals surface area contributed by atoms with Crippen LogP contribution in [0, 0.1) is 13.8 Å². The van der Waals surface area contributed by atoms with Crippen molar-refractivity contribution in [2.45, 2.75) is 13.3 Å². The van der Waals surface area contributed by atoms with E-state index in [0.717, 1.165) is 12.0 Å². The average molecular weight is 82.1 g/mol. The molecule has 0 aliphatic heterocycles. The number of hydrogen-bond acceptors (Lipinski definition) is 0. The fraction of sp³-hybridized carbons (Fsp3) is 0.333. The van der Waals surface area contributed by atoms with Gasteiger partial charge in [-0.3, -0.25) is 0 Å². The Hall–Kier alpha value is -0.260. The minimum Gasteiger partial charge on any atom is -0.0856 e. The Balaban J connectivity index is 3.14. The molecule has 0 saturated heterocycles. The monoisotopic (exact) mass is 82.1 g/mol. The maximum Gasteiger partial charge on any atom is -0.0286 e. The predicted molar refractivity (Wildman–Crippen MR) is 29.1 cm³/mol. The van der Waals surface area contributed by atoms with Crippen LogP contribution in [0.3, 0.4) is 0 Å². The van der Waals surface area contributed by atoms with E-state index in [0.29, 0.717) is 0 Å².